The topological polar surface area (TPSA) is 90.9 Å². The van der Waals surface area contributed by atoms with E-state index < -0.39 is 6.10 Å². The highest BCUT2D eigenvalue weighted by Crippen LogP contribution is 2.39. The summed E-state index contributed by atoms with van der Waals surface area (Å²) >= 11 is 0. The molecule has 0 saturated carbocycles. The third-order valence-corrected chi connectivity index (χ3v) is 5.74. The Hall–Kier alpha value is -2.12. The second-order valence-corrected chi connectivity index (χ2v) is 7.66. The normalized spacial score (nSPS) is 26.3. The Bertz CT molecular complexity index is 717. The zero-order valence-electron chi connectivity index (χ0n) is 15.4. The van der Waals surface area contributed by atoms with Crippen LogP contribution in [0, 0.1) is 0 Å². The number of aliphatic hydroxyl groups is 1. The van der Waals surface area contributed by atoms with Crippen LogP contribution in [0.5, 0.6) is 0 Å². The minimum atomic E-state index is -0.471. The van der Waals surface area contributed by atoms with Crippen molar-refractivity contribution >= 4 is 17.5 Å². The number of benzene rings is 1. The number of nitrogens with zero attached hydrogens (tertiary/aromatic N) is 1. The van der Waals surface area contributed by atoms with Gasteiger partial charge in [0.2, 0.25) is 11.8 Å². The third kappa shape index (κ3) is 4.09. The molecule has 3 aliphatic heterocycles. The van der Waals surface area contributed by atoms with Crippen LogP contribution in [0.25, 0.3) is 0 Å². The average molecular weight is 373 g/mol. The molecule has 0 unspecified atom stereocenters. The molecule has 2 bridgehead atoms. The van der Waals surface area contributed by atoms with Gasteiger partial charge < -0.3 is 25.4 Å². The van der Waals surface area contributed by atoms with Crippen LogP contribution in [0.4, 0.5) is 5.69 Å². The number of fused-ring (bicyclic) bond motifs is 4. The first kappa shape index (κ1) is 18.3. The molecule has 0 aromatic heterocycles. The zero-order chi connectivity index (χ0) is 18.8. The molecule has 3 N–H and O–H groups in total. The lowest BCUT2D eigenvalue weighted by Crippen LogP contribution is -2.45. The van der Waals surface area contributed by atoms with Crippen LogP contribution < -0.4 is 10.6 Å². The number of rotatable bonds is 5. The van der Waals surface area contributed by atoms with E-state index in [1.807, 2.05) is 17.0 Å². The molecule has 1 aromatic carbocycles. The largest absolute Gasteiger partial charge is 0.389 e. The molecule has 27 heavy (non-hydrogen) atoms. The van der Waals surface area contributed by atoms with E-state index in [1.54, 1.807) is 0 Å². The van der Waals surface area contributed by atoms with E-state index in [0.29, 0.717) is 19.4 Å². The minimum Gasteiger partial charge on any atom is -0.389 e. The van der Waals surface area contributed by atoms with Gasteiger partial charge in [0.25, 0.3) is 0 Å². The van der Waals surface area contributed by atoms with Crippen molar-refractivity contribution in [2.45, 2.75) is 50.4 Å². The van der Waals surface area contributed by atoms with E-state index in [0.717, 1.165) is 49.2 Å². The standard InChI is InChI=1S/C20H27N3O4/c24-17-12-27-18-10-16(17)22-15-5-3-13(9-14(15)18)4-6-19(25)21-11-20(26)23-7-1-2-8-23/h3,5,9,16-18,22,24H,1-2,4,6-8,10-12H2,(H,21,25)/t16-,17-,18-/m1/s1. The Balaban J connectivity index is 1.29. The fraction of sp³-hybridized carbons (Fsp3) is 0.600. The maximum atomic E-state index is 12.1. The summed E-state index contributed by atoms with van der Waals surface area (Å²) in [4.78, 5) is 25.9. The van der Waals surface area contributed by atoms with Gasteiger partial charge in [0.1, 0.15) is 0 Å². The van der Waals surface area contributed by atoms with E-state index in [1.165, 1.54) is 0 Å². The molecule has 7 nitrogen and oxygen atoms in total. The smallest absolute Gasteiger partial charge is 0.241 e. The summed E-state index contributed by atoms with van der Waals surface area (Å²) in [6.45, 7) is 2.05. The average Bonchev–Trinajstić information content (AvgIpc) is 3.22. The Kier molecular flexibility index (Phi) is 5.31. The number of carbonyl (C=O) groups is 2. The third-order valence-electron chi connectivity index (χ3n) is 5.74. The van der Waals surface area contributed by atoms with Crippen LogP contribution in [-0.4, -0.2) is 60.2 Å². The summed E-state index contributed by atoms with van der Waals surface area (Å²) in [5.74, 6) is -0.0950. The molecule has 2 amide bonds. The lowest BCUT2D eigenvalue weighted by Gasteiger charge is -2.40. The molecule has 0 aliphatic carbocycles. The number of likely N-dealkylation sites (tertiary alicyclic amines) is 1. The fourth-order valence-electron chi connectivity index (χ4n) is 4.12. The number of carbonyl (C=O) groups excluding carboxylic acids is 2. The van der Waals surface area contributed by atoms with E-state index >= 15 is 0 Å². The van der Waals surface area contributed by atoms with Crippen LogP contribution in [-0.2, 0) is 20.7 Å². The second-order valence-electron chi connectivity index (χ2n) is 7.66. The summed E-state index contributed by atoms with van der Waals surface area (Å²) in [5.41, 5.74) is 3.17. The number of nitrogens with one attached hydrogen (secondary N) is 2. The summed E-state index contributed by atoms with van der Waals surface area (Å²) in [7, 11) is 0. The van der Waals surface area contributed by atoms with Gasteiger partial charge in [0.05, 0.1) is 31.4 Å². The van der Waals surface area contributed by atoms with Gasteiger partial charge in [0, 0.05) is 37.2 Å². The molecule has 4 rings (SSSR count). The number of hydrogen-bond donors (Lipinski definition) is 3. The van der Waals surface area contributed by atoms with Gasteiger partial charge in [0.15, 0.2) is 0 Å². The van der Waals surface area contributed by atoms with Crippen molar-refractivity contribution in [3.05, 3.63) is 29.3 Å². The van der Waals surface area contributed by atoms with Crippen molar-refractivity contribution in [1.29, 1.82) is 0 Å². The summed E-state index contributed by atoms with van der Waals surface area (Å²) in [6, 6.07) is 6.13. The fourth-order valence-corrected chi connectivity index (χ4v) is 4.12. The SMILES string of the molecule is O=C(CCc1ccc2c(c1)[C@H]1C[C@@H](N2)[C@H](O)CO1)NCC(=O)N1CCCC1. The zero-order valence-corrected chi connectivity index (χ0v) is 15.4. The first-order valence-electron chi connectivity index (χ1n) is 9.83. The Morgan fingerprint density at radius 2 is 2.11 bits per heavy atom. The van der Waals surface area contributed by atoms with Gasteiger partial charge >= 0.3 is 0 Å². The lowest BCUT2D eigenvalue weighted by molar-refractivity contribution is -0.132. The summed E-state index contributed by atoms with van der Waals surface area (Å²) in [6.07, 6.45) is 3.37. The monoisotopic (exact) mass is 373 g/mol. The highest BCUT2D eigenvalue weighted by Gasteiger charge is 2.36. The van der Waals surface area contributed by atoms with Crippen LogP contribution in [0.3, 0.4) is 0 Å². The molecule has 0 spiro atoms. The number of amides is 2. The van der Waals surface area contributed by atoms with Crippen LogP contribution in [0.15, 0.2) is 18.2 Å². The van der Waals surface area contributed by atoms with Gasteiger partial charge in [-0.25, -0.2) is 0 Å². The molecular formula is C20H27N3O4. The quantitative estimate of drug-likeness (QED) is 0.716. The van der Waals surface area contributed by atoms with Crippen molar-refractivity contribution < 1.29 is 19.4 Å². The van der Waals surface area contributed by atoms with Crippen molar-refractivity contribution in [3.63, 3.8) is 0 Å². The van der Waals surface area contributed by atoms with E-state index in [-0.39, 0.29) is 30.5 Å². The molecule has 2 saturated heterocycles. The number of aryl methyl sites for hydroxylation is 1. The number of anilines is 1. The van der Waals surface area contributed by atoms with E-state index in [2.05, 4.69) is 16.7 Å². The number of ether oxygens (including phenoxy) is 1. The molecule has 7 heteroatoms. The Morgan fingerprint density at radius 1 is 1.30 bits per heavy atom. The molecule has 3 atom stereocenters. The van der Waals surface area contributed by atoms with Gasteiger partial charge in [-0.15, -0.1) is 0 Å². The number of hydrogen-bond acceptors (Lipinski definition) is 5. The van der Waals surface area contributed by atoms with Gasteiger partial charge in [-0.3, -0.25) is 9.59 Å². The van der Waals surface area contributed by atoms with Crippen LogP contribution >= 0.6 is 0 Å². The Morgan fingerprint density at radius 3 is 2.93 bits per heavy atom. The maximum absolute atomic E-state index is 12.1. The van der Waals surface area contributed by atoms with Gasteiger partial charge in [-0.1, -0.05) is 12.1 Å². The Labute approximate surface area is 159 Å². The van der Waals surface area contributed by atoms with E-state index in [9.17, 15) is 14.7 Å². The number of aliphatic hydroxyl groups excluding tert-OH is 1. The summed E-state index contributed by atoms with van der Waals surface area (Å²) in [5, 5.41) is 16.1. The molecule has 3 aliphatic rings. The van der Waals surface area contributed by atoms with Gasteiger partial charge in [-0.05, 0) is 30.9 Å². The van der Waals surface area contributed by atoms with Crippen molar-refractivity contribution in [2.75, 3.05) is 31.6 Å². The predicted molar refractivity (Wildman–Crippen MR) is 100 cm³/mol. The summed E-state index contributed by atoms with van der Waals surface area (Å²) < 4.78 is 5.77. The first-order valence-corrected chi connectivity index (χ1v) is 9.83. The van der Waals surface area contributed by atoms with Crippen LogP contribution in [0.1, 0.15) is 42.9 Å². The highest BCUT2D eigenvalue weighted by atomic mass is 16.5. The molecule has 146 valence electrons. The van der Waals surface area contributed by atoms with Crippen LogP contribution in [0.2, 0.25) is 0 Å². The molecule has 1 aromatic rings. The van der Waals surface area contributed by atoms with E-state index in [4.69, 9.17) is 4.74 Å². The second kappa shape index (κ2) is 7.86. The molecule has 0 radical (unpaired) electrons. The minimum absolute atomic E-state index is 0.00140. The van der Waals surface area contributed by atoms with Crippen molar-refractivity contribution in [3.8, 4) is 0 Å². The van der Waals surface area contributed by atoms with Gasteiger partial charge in [-0.2, -0.15) is 0 Å². The van der Waals surface area contributed by atoms with Crippen molar-refractivity contribution in [2.24, 2.45) is 0 Å². The predicted octanol–water partition coefficient (Wildman–Crippen LogP) is 0.974. The molecular weight excluding hydrogens is 346 g/mol. The lowest BCUT2D eigenvalue weighted by atomic mass is 9.88. The molecule has 3 heterocycles. The highest BCUT2D eigenvalue weighted by molar-refractivity contribution is 5.84. The maximum Gasteiger partial charge on any atom is 0.241 e. The molecule has 2 fully saturated rings. The van der Waals surface area contributed by atoms with Crippen molar-refractivity contribution in [1.82, 2.24) is 10.2 Å². The first-order chi connectivity index (χ1) is 13.1.